The van der Waals surface area contributed by atoms with Gasteiger partial charge in [-0.15, -0.1) is 11.8 Å². The predicted octanol–water partition coefficient (Wildman–Crippen LogP) is 2.54. The van der Waals surface area contributed by atoms with Crippen molar-refractivity contribution < 1.29 is 23.1 Å². The molecule has 22 heavy (non-hydrogen) atoms. The summed E-state index contributed by atoms with van der Waals surface area (Å²) in [6, 6.07) is 5.14. The number of hydrogen-bond donors (Lipinski definition) is 1. The number of alkyl halides is 2. The van der Waals surface area contributed by atoms with Crippen LogP contribution in [0.4, 0.5) is 14.5 Å². The normalized spacial score (nSPS) is 17.6. The van der Waals surface area contributed by atoms with Gasteiger partial charge in [0.1, 0.15) is 11.8 Å². The Labute approximate surface area is 131 Å². The van der Waals surface area contributed by atoms with E-state index in [1.165, 1.54) is 36.0 Å². The summed E-state index contributed by atoms with van der Waals surface area (Å²) < 4.78 is 28.3. The molecular formula is C14H16F2N2O3S. The number of benzene rings is 1. The number of halogens is 2. The second kappa shape index (κ2) is 7.44. The van der Waals surface area contributed by atoms with Crippen molar-refractivity contribution in [3.05, 3.63) is 24.3 Å². The van der Waals surface area contributed by atoms with Gasteiger partial charge in [0.2, 0.25) is 11.8 Å². The first-order valence-corrected chi connectivity index (χ1v) is 7.89. The van der Waals surface area contributed by atoms with Crippen LogP contribution < -0.4 is 10.1 Å². The molecule has 120 valence electrons. The van der Waals surface area contributed by atoms with Crippen LogP contribution in [0.3, 0.4) is 0 Å². The van der Waals surface area contributed by atoms with Crippen LogP contribution >= 0.6 is 11.8 Å². The Bertz CT molecular complexity index is 539. The van der Waals surface area contributed by atoms with E-state index < -0.39 is 12.7 Å². The summed E-state index contributed by atoms with van der Waals surface area (Å²) in [7, 11) is 0. The third-order valence-corrected chi connectivity index (χ3v) is 4.17. The second-order valence-electron chi connectivity index (χ2n) is 4.62. The standard InChI is InChI=1S/C14H16F2N2O3S/c1-2-12(19)18-8-22-7-11(18)13(20)17-9-3-5-10(6-4-9)21-14(15)16/h3-6,11,14H,2,7-8H2,1H3,(H,17,20)/t11-/m1/s1. The van der Waals surface area contributed by atoms with Crippen molar-refractivity contribution in [2.45, 2.75) is 26.0 Å². The monoisotopic (exact) mass is 330 g/mol. The van der Waals surface area contributed by atoms with E-state index >= 15 is 0 Å². The fraction of sp³-hybridized carbons (Fsp3) is 0.429. The Kier molecular flexibility index (Phi) is 5.59. The summed E-state index contributed by atoms with van der Waals surface area (Å²) in [4.78, 5) is 25.6. The molecular weight excluding hydrogens is 314 g/mol. The van der Waals surface area contributed by atoms with Gasteiger partial charge in [-0.3, -0.25) is 9.59 Å². The molecule has 5 nitrogen and oxygen atoms in total. The highest BCUT2D eigenvalue weighted by Crippen LogP contribution is 2.24. The third-order valence-electron chi connectivity index (χ3n) is 3.15. The minimum atomic E-state index is -2.88. The average Bonchev–Trinajstić information content (AvgIpc) is 2.97. The highest BCUT2D eigenvalue weighted by atomic mass is 32.2. The van der Waals surface area contributed by atoms with Gasteiger partial charge in [0.25, 0.3) is 0 Å². The zero-order valence-corrected chi connectivity index (χ0v) is 12.7. The number of nitrogens with one attached hydrogen (secondary N) is 1. The molecule has 1 fully saturated rings. The second-order valence-corrected chi connectivity index (χ2v) is 5.62. The van der Waals surface area contributed by atoms with Gasteiger partial charge in [-0.2, -0.15) is 8.78 Å². The number of nitrogens with zero attached hydrogens (tertiary/aromatic N) is 1. The minimum Gasteiger partial charge on any atom is -0.435 e. The van der Waals surface area contributed by atoms with Crippen molar-refractivity contribution in [1.82, 2.24) is 4.90 Å². The Morgan fingerprint density at radius 1 is 1.41 bits per heavy atom. The molecule has 0 aromatic heterocycles. The number of hydrogen-bond acceptors (Lipinski definition) is 4. The molecule has 8 heteroatoms. The maximum Gasteiger partial charge on any atom is 0.387 e. The summed E-state index contributed by atoms with van der Waals surface area (Å²) in [6.45, 7) is -1.13. The highest BCUT2D eigenvalue weighted by molar-refractivity contribution is 7.99. The van der Waals surface area contributed by atoms with Crippen LogP contribution in [0.2, 0.25) is 0 Å². The molecule has 0 aliphatic carbocycles. The molecule has 1 aliphatic heterocycles. The van der Waals surface area contributed by atoms with Crippen LogP contribution in [-0.2, 0) is 9.59 Å². The van der Waals surface area contributed by atoms with Crippen LogP contribution in [0, 0.1) is 0 Å². The fourth-order valence-corrected chi connectivity index (χ4v) is 3.23. The Morgan fingerprint density at radius 3 is 2.68 bits per heavy atom. The van der Waals surface area contributed by atoms with Gasteiger partial charge in [0.05, 0.1) is 5.88 Å². The third kappa shape index (κ3) is 4.09. The Hall–Kier alpha value is -1.83. The Morgan fingerprint density at radius 2 is 2.09 bits per heavy atom. The topological polar surface area (TPSA) is 58.6 Å². The number of carbonyl (C=O) groups excluding carboxylic acids is 2. The van der Waals surface area contributed by atoms with E-state index in [1.54, 1.807) is 11.8 Å². The molecule has 0 radical (unpaired) electrons. The van der Waals surface area contributed by atoms with Crippen molar-refractivity contribution in [2.24, 2.45) is 0 Å². The first-order valence-electron chi connectivity index (χ1n) is 6.74. The summed E-state index contributed by atoms with van der Waals surface area (Å²) >= 11 is 1.52. The molecule has 1 aromatic carbocycles. The van der Waals surface area contributed by atoms with Crippen LogP contribution in [0.1, 0.15) is 13.3 Å². The molecule has 1 saturated heterocycles. The molecule has 1 heterocycles. The highest BCUT2D eigenvalue weighted by Gasteiger charge is 2.33. The summed E-state index contributed by atoms with van der Waals surface area (Å²) in [5.74, 6) is 0.725. The quantitative estimate of drug-likeness (QED) is 0.901. The lowest BCUT2D eigenvalue weighted by Gasteiger charge is -2.22. The Balaban J connectivity index is 1.98. The van der Waals surface area contributed by atoms with Gasteiger partial charge in [0, 0.05) is 17.9 Å². The van der Waals surface area contributed by atoms with Crippen molar-refractivity contribution in [1.29, 1.82) is 0 Å². The minimum absolute atomic E-state index is 0.0206. The lowest BCUT2D eigenvalue weighted by Crippen LogP contribution is -2.44. The molecule has 0 unspecified atom stereocenters. The molecule has 1 N–H and O–H groups in total. The first kappa shape index (κ1) is 16.5. The maximum atomic E-state index is 12.2. The lowest BCUT2D eigenvalue weighted by molar-refractivity contribution is -0.135. The number of carbonyl (C=O) groups is 2. The van der Waals surface area contributed by atoms with E-state index in [9.17, 15) is 18.4 Å². The lowest BCUT2D eigenvalue weighted by atomic mass is 10.2. The smallest absolute Gasteiger partial charge is 0.387 e. The molecule has 0 bridgehead atoms. The van der Waals surface area contributed by atoms with Gasteiger partial charge in [-0.25, -0.2) is 0 Å². The van der Waals surface area contributed by atoms with E-state index in [2.05, 4.69) is 10.1 Å². The maximum absolute atomic E-state index is 12.2. The number of thioether (sulfide) groups is 1. The van der Waals surface area contributed by atoms with Crippen LogP contribution in [-0.4, -0.2) is 41.0 Å². The molecule has 1 aromatic rings. The zero-order chi connectivity index (χ0) is 16.1. The van der Waals surface area contributed by atoms with Gasteiger partial charge >= 0.3 is 6.61 Å². The van der Waals surface area contributed by atoms with E-state index in [4.69, 9.17) is 0 Å². The molecule has 2 rings (SSSR count). The summed E-state index contributed by atoms with van der Waals surface area (Å²) in [5.41, 5.74) is 0.465. The van der Waals surface area contributed by atoms with Crippen molar-refractivity contribution in [3.8, 4) is 5.75 Å². The van der Waals surface area contributed by atoms with E-state index in [-0.39, 0.29) is 17.6 Å². The summed E-state index contributed by atoms with van der Waals surface area (Å²) in [6.07, 6.45) is 0.351. The van der Waals surface area contributed by atoms with E-state index in [1.807, 2.05) is 0 Å². The fourth-order valence-electron chi connectivity index (χ4n) is 2.05. The molecule has 1 atom stereocenters. The van der Waals surface area contributed by atoms with Crippen LogP contribution in [0.15, 0.2) is 24.3 Å². The average molecular weight is 330 g/mol. The summed E-state index contributed by atoms with van der Waals surface area (Å²) in [5, 5.41) is 2.68. The van der Waals surface area contributed by atoms with Crippen molar-refractivity contribution in [2.75, 3.05) is 16.9 Å². The predicted molar refractivity (Wildman–Crippen MR) is 80.0 cm³/mol. The van der Waals surface area contributed by atoms with Crippen molar-refractivity contribution >= 4 is 29.3 Å². The van der Waals surface area contributed by atoms with Gasteiger partial charge in [-0.1, -0.05) is 6.92 Å². The van der Waals surface area contributed by atoms with Crippen LogP contribution in [0.5, 0.6) is 5.75 Å². The van der Waals surface area contributed by atoms with Crippen LogP contribution in [0.25, 0.3) is 0 Å². The largest absolute Gasteiger partial charge is 0.435 e. The number of anilines is 1. The van der Waals surface area contributed by atoms with Gasteiger partial charge in [0.15, 0.2) is 0 Å². The zero-order valence-electron chi connectivity index (χ0n) is 11.9. The molecule has 0 spiro atoms. The number of amides is 2. The van der Waals surface area contributed by atoms with Gasteiger partial charge in [-0.05, 0) is 24.3 Å². The first-order chi connectivity index (χ1) is 10.5. The molecule has 2 amide bonds. The van der Waals surface area contributed by atoms with Crippen molar-refractivity contribution in [3.63, 3.8) is 0 Å². The number of rotatable bonds is 5. The van der Waals surface area contributed by atoms with Gasteiger partial charge < -0.3 is 15.0 Å². The molecule has 1 aliphatic rings. The van der Waals surface area contributed by atoms with E-state index in [0.29, 0.717) is 23.7 Å². The SMILES string of the molecule is CCC(=O)N1CSC[C@@H]1C(=O)Nc1ccc(OC(F)F)cc1. The number of ether oxygens (including phenoxy) is 1. The van der Waals surface area contributed by atoms with E-state index in [0.717, 1.165) is 0 Å². The molecule has 0 saturated carbocycles.